The lowest BCUT2D eigenvalue weighted by Gasteiger charge is -2.13. The number of rotatable bonds is 4. The smallest absolute Gasteiger partial charge is 0.165 e. The summed E-state index contributed by atoms with van der Waals surface area (Å²) in [5, 5.41) is 0. The quantitative estimate of drug-likeness (QED) is 0.823. The molecule has 0 spiro atoms. The van der Waals surface area contributed by atoms with E-state index in [1.54, 1.807) is 21.3 Å². The molecule has 2 rings (SSSR count). The molecule has 0 fully saturated rings. The summed E-state index contributed by atoms with van der Waals surface area (Å²) in [4.78, 5) is 10.4. The summed E-state index contributed by atoms with van der Waals surface area (Å²) in [5.41, 5.74) is 8.17. The summed E-state index contributed by atoms with van der Waals surface area (Å²) in [6, 6.07) is 4.01. The molecule has 1 aromatic carbocycles. The second-order valence-electron chi connectivity index (χ2n) is 4.29. The fourth-order valence-electron chi connectivity index (χ4n) is 2.12. The van der Waals surface area contributed by atoms with E-state index in [4.69, 9.17) is 15.2 Å². The maximum atomic E-state index is 10.4. The van der Waals surface area contributed by atoms with Gasteiger partial charge in [0.15, 0.2) is 17.8 Å². The molecule has 0 radical (unpaired) electrons. The molecule has 0 aromatic heterocycles. The highest BCUT2D eigenvalue weighted by Crippen LogP contribution is 2.37. The molecule has 0 amide bonds. The van der Waals surface area contributed by atoms with Gasteiger partial charge in [-0.15, -0.1) is 0 Å². The monoisotopic (exact) mass is 267 g/mol. The third-order valence-corrected chi connectivity index (χ3v) is 2.79. The molecule has 19 heavy (non-hydrogen) atoms. The Morgan fingerprint density at radius 3 is 2.58 bits per heavy atom. The Bertz CT molecular complexity index is 420. The molecule has 0 saturated heterocycles. The van der Waals surface area contributed by atoms with Crippen LogP contribution in [0.15, 0.2) is 12.1 Å². The molecular formula is C14H21NO4. The van der Waals surface area contributed by atoms with Crippen LogP contribution in [-0.2, 0) is 22.4 Å². The van der Waals surface area contributed by atoms with Gasteiger partial charge in [-0.1, -0.05) is 6.07 Å². The molecular weight excluding hydrogens is 246 g/mol. The van der Waals surface area contributed by atoms with E-state index in [0.29, 0.717) is 11.5 Å². The van der Waals surface area contributed by atoms with Crippen LogP contribution in [0.25, 0.3) is 0 Å². The Morgan fingerprint density at radius 1 is 1.32 bits per heavy atom. The van der Waals surface area contributed by atoms with Crippen LogP contribution < -0.4 is 15.2 Å². The van der Waals surface area contributed by atoms with Crippen molar-refractivity contribution in [2.75, 3.05) is 27.9 Å². The van der Waals surface area contributed by atoms with Gasteiger partial charge in [0.2, 0.25) is 0 Å². The van der Waals surface area contributed by atoms with Gasteiger partial charge in [0, 0.05) is 25.8 Å². The van der Waals surface area contributed by atoms with Crippen LogP contribution in [0, 0.1) is 0 Å². The van der Waals surface area contributed by atoms with Gasteiger partial charge in [0.05, 0.1) is 7.11 Å². The first kappa shape index (κ1) is 15.5. The number of ether oxygens (including phenoxy) is 3. The van der Waals surface area contributed by atoms with Crippen molar-refractivity contribution in [1.82, 2.24) is 0 Å². The molecule has 106 valence electrons. The van der Waals surface area contributed by atoms with E-state index in [0.717, 1.165) is 24.7 Å². The van der Waals surface area contributed by atoms with Crippen molar-refractivity contribution < 1.29 is 19.0 Å². The number of methoxy groups -OCH3 is 2. The third kappa shape index (κ3) is 3.94. The Balaban J connectivity index is 0.000000550. The van der Waals surface area contributed by atoms with Crippen molar-refractivity contribution in [2.45, 2.75) is 18.9 Å². The van der Waals surface area contributed by atoms with Crippen molar-refractivity contribution in [1.29, 1.82) is 0 Å². The van der Waals surface area contributed by atoms with Crippen LogP contribution in [0.1, 0.15) is 11.1 Å². The molecule has 1 aliphatic carbocycles. The van der Waals surface area contributed by atoms with Crippen molar-refractivity contribution in [3.8, 4) is 11.5 Å². The molecule has 2 N–H and O–H groups in total. The Labute approximate surface area is 113 Å². The predicted octanol–water partition coefficient (Wildman–Crippen LogP) is 0.961. The van der Waals surface area contributed by atoms with E-state index >= 15 is 0 Å². The summed E-state index contributed by atoms with van der Waals surface area (Å²) in [5.74, 6) is 1.33. The van der Waals surface area contributed by atoms with Crippen LogP contribution in [-0.4, -0.2) is 40.3 Å². The van der Waals surface area contributed by atoms with Crippen molar-refractivity contribution in [3.05, 3.63) is 23.3 Å². The minimum atomic E-state index is 0.0437. The average Bonchev–Trinajstić information content (AvgIpc) is 2.77. The lowest BCUT2D eigenvalue weighted by molar-refractivity contribution is -0.109. The van der Waals surface area contributed by atoms with Crippen LogP contribution in [0.3, 0.4) is 0 Å². The maximum absolute atomic E-state index is 10.4. The standard InChI is InChI=1S/C12H15NO3.C2H6O/c1-15-11-3-2-8-6-9(13)7-10(8)12(11)16-5-4-14;1-3-2/h2-4,9H,5-7,13H2,1H3;1-2H3. The molecule has 0 bridgehead atoms. The summed E-state index contributed by atoms with van der Waals surface area (Å²) in [7, 11) is 4.84. The first-order chi connectivity index (χ1) is 9.17. The number of aldehydes is 1. The maximum Gasteiger partial charge on any atom is 0.165 e. The average molecular weight is 267 g/mol. The summed E-state index contributed by atoms with van der Waals surface area (Å²) >= 11 is 0. The fourth-order valence-corrected chi connectivity index (χ4v) is 2.12. The van der Waals surface area contributed by atoms with Gasteiger partial charge in [-0.05, 0) is 24.5 Å². The molecule has 1 aromatic rings. The van der Waals surface area contributed by atoms with Crippen LogP contribution >= 0.6 is 0 Å². The van der Waals surface area contributed by atoms with Gasteiger partial charge in [0.25, 0.3) is 0 Å². The van der Waals surface area contributed by atoms with Crippen molar-refractivity contribution in [2.24, 2.45) is 5.73 Å². The van der Waals surface area contributed by atoms with Crippen LogP contribution in [0.4, 0.5) is 0 Å². The molecule has 0 heterocycles. The lowest BCUT2D eigenvalue weighted by atomic mass is 10.1. The zero-order valence-corrected chi connectivity index (χ0v) is 11.6. The molecule has 0 aliphatic heterocycles. The molecule has 5 nitrogen and oxygen atoms in total. The first-order valence-corrected chi connectivity index (χ1v) is 6.08. The van der Waals surface area contributed by atoms with Gasteiger partial charge in [-0.2, -0.15) is 0 Å². The number of hydrogen-bond donors (Lipinski definition) is 1. The summed E-state index contributed by atoms with van der Waals surface area (Å²) < 4.78 is 14.9. The Kier molecular flexibility index (Phi) is 6.32. The second-order valence-corrected chi connectivity index (χ2v) is 4.29. The van der Waals surface area contributed by atoms with E-state index in [1.807, 2.05) is 12.1 Å². The fraction of sp³-hybridized carbons (Fsp3) is 0.500. The summed E-state index contributed by atoms with van der Waals surface area (Å²) in [6.07, 6.45) is 2.37. The Hall–Kier alpha value is -1.59. The number of hydrogen-bond acceptors (Lipinski definition) is 5. The second kappa shape index (κ2) is 7.76. The van der Waals surface area contributed by atoms with E-state index in [9.17, 15) is 4.79 Å². The highest BCUT2D eigenvalue weighted by atomic mass is 16.5. The highest BCUT2D eigenvalue weighted by molar-refractivity contribution is 5.56. The van der Waals surface area contributed by atoms with Gasteiger partial charge >= 0.3 is 0 Å². The van der Waals surface area contributed by atoms with E-state index in [1.165, 1.54) is 5.56 Å². The number of carbonyl (C=O) groups is 1. The largest absolute Gasteiger partial charge is 0.493 e. The minimum Gasteiger partial charge on any atom is -0.493 e. The van der Waals surface area contributed by atoms with Crippen LogP contribution in [0.2, 0.25) is 0 Å². The Morgan fingerprint density at radius 2 is 2.00 bits per heavy atom. The van der Waals surface area contributed by atoms with E-state index < -0.39 is 0 Å². The van der Waals surface area contributed by atoms with Gasteiger partial charge in [-0.25, -0.2) is 0 Å². The van der Waals surface area contributed by atoms with Gasteiger partial charge in [0.1, 0.15) is 6.61 Å². The van der Waals surface area contributed by atoms with Crippen molar-refractivity contribution in [3.63, 3.8) is 0 Å². The minimum absolute atomic E-state index is 0.0437. The third-order valence-electron chi connectivity index (χ3n) is 2.79. The van der Waals surface area contributed by atoms with Gasteiger partial charge < -0.3 is 19.9 Å². The number of nitrogens with two attached hydrogens (primary N) is 1. The molecule has 1 aliphatic rings. The molecule has 5 heteroatoms. The molecule has 1 atom stereocenters. The normalized spacial score (nSPS) is 16.1. The van der Waals surface area contributed by atoms with E-state index in [2.05, 4.69) is 4.74 Å². The predicted molar refractivity (Wildman–Crippen MR) is 72.9 cm³/mol. The SMILES string of the molecule is COC.COc1ccc2c(c1OCC=O)CC(N)C2. The van der Waals surface area contributed by atoms with Crippen molar-refractivity contribution >= 4 is 6.29 Å². The summed E-state index contributed by atoms with van der Waals surface area (Å²) in [6.45, 7) is 0.0437. The van der Waals surface area contributed by atoms with Crippen LogP contribution in [0.5, 0.6) is 11.5 Å². The molecule has 0 saturated carbocycles. The van der Waals surface area contributed by atoms with E-state index in [-0.39, 0.29) is 12.6 Å². The lowest BCUT2D eigenvalue weighted by Crippen LogP contribution is -2.19. The van der Waals surface area contributed by atoms with Gasteiger partial charge in [-0.3, -0.25) is 4.79 Å². The highest BCUT2D eigenvalue weighted by Gasteiger charge is 2.24. The topological polar surface area (TPSA) is 70.8 Å². The number of benzene rings is 1. The number of carbonyl (C=O) groups excluding carboxylic acids is 1. The molecule has 1 unspecified atom stereocenters. The number of fused-ring (bicyclic) bond motifs is 1. The first-order valence-electron chi connectivity index (χ1n) is 6.08. The zero-order chi connectivity index (χ0) is 14.3. The zero-order valence-electron chi connectivity index (χ0n) is 11.6.